The first kappa shape index (κ1) is 25.0. The van der Waals surface area contributed by atoms with Crippen LogP contribution in [0, 0.1) is 13.8 Å². The number of fused-ring (bicyclic) bond motifs is 3. The smallest absolute Gasteiger partial charge is 0.227 e. The molecule has 0 fully saturated rings. The Morgan fingerprint density at radius 1 is 1.00 bits per heavy atom. The van der Waals surface area contributed by atoms with Gasteiger partial charge in [0, 0.05) is 23.2 Å². The lowest BCUT2D eigenvalue weighted by Gasteiger charge is -2.43. The van der Waals surface area contributed by atoms with E-state index in [9.17, 15) is 0 Å². The fraction of sp³-hybridized carbons (Fsp3) is 0.387. The first-order valence-electron chi connectivity index (χ1n) is 12.7. The minimum atomic E-state index is -0.736. The van der Waals surface area contributed by atoms with Crippen molar-refractivity contribution < 1.29 is 9.47 Å². The van der Waals surface area contributed by atoms with Crippen LogP contribution in [0.5, 0.6) is 11.5 Å². The summed E-state index contributed by atoms with van der Waals surface area (Å²) in [5.41, 5.74) is 7.16. The first-order valence-corrected chi connectivity index (χ1v) is 12.7. The molecule has 1 spiro atoms. The lowest BCUT2D eigenvalue weighted by molar-refractivity contribution is -0.0638. The number of hydrogen-bond acceptors (Lipinski definition) is 4. The molecule has 1 aliphatic carbocycles. The molecule has 1 atom stereocenters. The molecule has 0 aromatic heterocycles. The topological polar surface area (TPSA) is 34.1 Å². The van der Waals surface area contributed by atoms with E-state index in [1.807, 2.05) is 38.3 Å². The standard InChI is InChI=1S/C29H32N2O2.C2H6/c1-7-31-28(4,5)25-19(2)14-15-20(3)26(25)29(31)18-30-27-23(33-29)17-16-22(32-6)24(27)21-12-10-8-9-11-13-21;1-2/h8-12,14-18H,7,13H2,1-6H3;1-2H3. The van der Waals surface area contributed by atoms with Gasteiger partial charge in [0.2, 0.25) is 5.72 Å². The van der Waals surface area contributed by atoms with E-state index in [1.54, 1.807) is 7.11 Å². The average Bonchev–Trinajstić information content (AvgIpc) is 3.04. The van der Waals surface area contributed by atoms with Crippen molar-refractivity contribution in [3.63, 3.8) is 0 Å². The Bertz CT molecular complexity index is 1250. The number of aryl methyl sites for hydroxylation is 2. The van der Waals surface area contributed by atoms with Gasteiger partial charge in [-0.1, -0.05) is 63.3 Å². The third kappa shape index (κ3) is 3.75. The molecule has 4 heteroatoms. The molecule has 4 nitrogen and oxygen atoms in total. The van der Waals surface area contributed by atoms with Gasteiger partial charge < -0.3 is 9.47 Å². The second-order valence-electron chi connectivity index (χ2n) is 9.51. The zero-order valence-electron chi connectivity index (χ0n) is 22.4. The van der Waals surface area contributed by atoms with Crippen molar-refractivity contribution in [2.24, 2.45) is 4.99 Å². The lowest BCUT2D eigenvalue weighted by Crippen LogP contribution is -2.54. The minimum absolute atomic E-state index is 0.182. The van der Waals surface area contributed by atoms with Crippen LogP contribution in [0.2, 0.25) is 0 Å². The van der Waals surface area contributed by atoms with Gasteiger partial charge in [0.1, 0.15) is 17.2 Å². The zero-order valence-corrected chi connectivity index (χ0v) is 22.4. The summed E-state index contributed by atoms with van der Waals surface area (Å²) in [5, 5.41) is 0. The van der Waals surface area contributed by atoms with Crippen LogP contribution in [-0.2, 0) is 11.3 Å². The highest BCUT2D eigenvalue weighted by atomic mass is 16.5. The summed E-state index contributed by atoms with van der Waals surface area (Å²) >= 11 is 0. The molecule has 2 aromatic rings. The highest BCUT2D eigenvalue weighted by Gasteiger charge is 2.57. The Balaban J connectivity index is 0.00000141. The fourth-order valence-electron chi connectivity index (χ4n) is 5.97. The molecule has 0 N–H and O–H groups in total. The van der Waals surface area contributed by atoms with E-state index in [-0.39, 0.29) is 5.54 Å². The predicted molar refractivity (Wildman–Crippen MR) is 147 cm³/mol. The molecule has 2 heterocycles. The molecule has 35 heavy (non-hydrogen) atoms. The number of hydrogen-bond donors (Lipinski definition) is 0. The van der Waals surface area contributed by atoms with E-state index >= 15 is 0 Å². The molecule has 2 aliphatic heterocycles. The van der Waals surface area contributed by atoms with E-state index in [0.717, 1.165) is 41.3 Å². The third-order valence-corrected chi connectivity index (χ3v) is 7.26. The molecule has 184 valence electrons. The Kier molecular flexibility index (Phi) is 6.79. The SMILES string of the molecule is CC.CCN1C(C)(C)c2c(C)ccc(C)c2C12C=Nc1c(ccc(OC)c1C1=CC=CC=CC1)O2. The summed E-state index contributed by atoms with van der Waals surface area (Å²) in [7, 11) is 1.71. The molecule has 5 rings (SSSR count). The predicted octanol–water partition coefficient (Wildman–Crippen LogP) is 7.76. The van der Waals surface area contributed by atoms with E-state index in [4.69, 9.17) is 14.5 Å². The van der Waals surface area contributed by atoms with Gasteiger partial charge >= 0.3 is 0 Å². The quantitative estimate of drug-likeness (QED) is 0.460. The fourth-order valence-corrected chi connectivity index (χ4v) is 5.97. The van der Waals surface area contributed by atoms with Gasteiger partial charge in [0.25, 0.3) is 0 Å². The number of rotatable bonds is 3. The van der Waals surface area contributed by atoms with Crippen LogP contribution >= 0.6 is 0 Å². The number of methoxy groups -OCH3 is 1. The number of allylic oxidation sites excluding steroid dienone is 6. The van der Waals surface area contributed by atoms with Crippen LogP contribution in [0.4, 0.5) is 5.69 Å². The van der Waals surface area contributed by atoms with Crippen molar-refractivity contribution in [3.05, 3.63) is 82.5 Å². The second kappa shape index (κ2) is 9.50. The van der Waals surface area contributed by atoms with E-state index < -0.39 is 5.72 Å². The van der Waals surface area contributed by atoms with Gasteiger partial charge in [-0.2, -0.15) is 0 Å². The van der Waals surface area contributed by atoms with Crippen LogP contribution in [0.1, 0.15) is 68.9 Å². The van der Waals surface area contributed by atoms with Crippen molar-refractivity contribution in [2.75, 3.05) is 13.7 Å². The Hall–Kier alpha value is -3.11. The largest absolute Gasteiger partial charge is 0.496 e. The zero-order chi connectivity index (χ0) is 25.4. The maximum atomic E-state index is 7.00. The van der Waals surface area contributed by atoms with Crippen LogP contribution in [0.25, 0.3) is 5.57 Å². The van der Waals surface area contributed by atoms with Crippen molar-refractivity contribution in [2.45, 2.75) is 66.2 Å². The average molecular weight is 471 g/mol. The Labute approximate surface area is 210 Å². The molecule has 0 radical (unpaired) electrons. The summed E-state index contributed by atoms with van der Waals surface area (Å²) in [4.78, 5) is 7.54. The molecule has 3 aliphatic rings. The number of benzene rings is 2. The highest BCUT2D eigenvalue weighted by molar-refractivity contribution is 5.90. The Morgan fingerprint density at radius 3 is 2.40 bits per heavy atom. The van der Waals surface area contributed by atoms with Gasteiger partial charge in [0.05, 0.1) is 13.3 Å². The summed E-state index contributed by atoms with van der Waals surface area (Å²) in [6, 6.07) is 8.43. The second-order valence-corrected chi connectivity index (χ2v) is 9.51. The van der Waals surface area contributed by atoms with Crippen LogP contribution in [0.15, 0.2) is 59.6 Å². The normalized spacial score (nSPS) is 21.4. The maximum absolute atomic E-state index is 7.00. The highest BCUT2D eigenvalue weighted by Crippen LogP contribution is 2.55. The molecular weight excluding hydrogens is 432 g/mol. The number of ether oxygens (including phenoxy) is 2. The molecular formula is C31H38N2O2. The van der Waals surface area contributed by atoms with E-state index in [0.29, 0.717) is 0 Å². The van der Waals surface area contributed by atoms with Crippen molar-refractivity contribution in [1.82, 2.24) is 4.90 Å². The van der Waals surface area contributed by atoms with Crippen molar-refractivity contribution >= 4 is 17.5 Å². The first-order chi connectivity index (χ1) is 16.8. The number of nitrogens with zero attached hydrogens (tertiary/aromatic N) is 2. The molecule has 0 bridgehead atoms. The molecule has 2 aromatic carbocycles. The monoisotopic (exact) mass is 470 g/mol. The maximum Gasteiger partial charge on any atom is 0.227 e. The van der Waals surface area contributed by atoms with Crippen LogP contribution in [0.3, 0.4) is 0 Å². The van der Waals surface area contributed by atoms with E-state index in [1.165, 1.54) is 22.3 Å². The van der Waals surface area contributed by atoms with Crippen LogP contribution in [-0.4, -0.2) is 24.8 Å². The van der Waals surface area contributed by atoms with Crippen molar-refractivity contribution in [1.29, 1.82) is 0 Å². The lowest BCUT2D eigenvalue weighted by atomic mass is 9.86. The summed E-state index contributed by atoms with van der Waals surface area (Å²) in [5.74, 6) is 1.60. The van der Waals surface area contributed by atoms with Gasteiger partial charge in [-0.25, -0.2) is 4.90 Å². The Morgan fingerprint density at radius 2 is 1.71 bits per heavy atom. The summed E-state index contributed by atoms with van der Waals surface area (Å²) in [6.45, 7) is 16.0. The van der Waals surface area contributed by atoms with E-state index in [2.05, 4.69) is 76.0 Å². The molecule has 1 unspecified atom stereocenters. The van der Waals surface area contributed by atoms with Gasteiger partial charge in [-0.3, -0.25) is 4.99 Å². The van der Waals surface area contributed by atoms with Gasteiger partial charge in [0.15, 0.2) is 0 Å². The van der Waals surface area contributed by atoms with Gasteiger partial charge in [-0.05, 0) is 68.5 Å². The third-order valence-electron chi connectivity index (χ3n) is 7.26. The van der Waals surface area contributed by atoms with Gasteiger partial charge in [-0.15, -0.1) is 0 Å². The van der Waals surface area contributed by atoms with Crippen LogP contribution < -0.4 is 9.47 Å². The number of aliphatic imine (C=N–C) groups is 1. The molecule has 0 saturated carbocycles. The minimum Gasteiger partial charge on any atom is -0.496 e. The summed E-state index contributed by atoms with van der Waals surface area (Å²) < 4.78 is 12.8. The summed E-state index contributed by atoms with van der Waals surface area (Å²) in [6.07, 6.45) is 13.3. The molecule has 0 saturated heterocycles. The van der Waals surface area contributed by atoms with Crippen molar-refractivity contribution in [3.8, 4) is 11.5 Å². The molecule has 0 amide bonds.